The number of likely N-dealkylation sites (N-methyl/N-ethyl adjacent to an activating group) is 1. The van der Waals surface area contributed by atoms with Crippen molar-refractivity contribution in [3.8, 4) is 0 Å². The fourth-order valence-electron chi connectivity index (χ4n) is 3.63. The van der Waals surface area contributed by atoms with E-state index in [2.05, 4.69) is 11.9 Å². The molecule has 2 aliphatic rings. The first-order valence-electron chi connectivity index (χ1n) is 7.83. The molecule has 0 aromatic rings. The van der Waals surface area contributed by atoms with E-state index in [1.54, 1.807) is 0 Å². The topological polar surface area (TPSA) is 38.5 Å². The molecule has 106 valence electrons. The first kappa shape index (κ1) is 14.3. The highest BCUT2D eigenvalue weighted by Gasteiger charge is 2.27. The van der Waals surface area contributed by atoms with Gasteiger partial charge in [0.2, 0.25) is 0 Å². The van der Waals surface area contributed by atoms with E-state index in [-0.39, 0.29) is 0 Å². The van der Waals surface area contributed by atoms with Gasteiger partial charge in [-0.25, -0.2) is 0 Å². The van der Waals surface area contributed by atoms with Gasteiger partial charge in [0, 0.05) is 19.2 Å². The lowest BCUT2D eigenvalue weighted by molar-refractivity contribution is -0.0134. The lowest BCUT2D eigenvalue weighted by Gasteiger charge is -2.36. The Labute approximate surface area is 112 Å². The van der Waals surface area contributed by atoms with Crippen LogP contribution < -0.4 is 5.73 Å². The first-order chi connectivity index (χ1) is 8.81. The van der Waals surface area contributed by atoms with Crippen molar-refractivity contribution in [2.45, 2.75) is 63.5 Å². The number of nitrogens with zero attached hydrogens (tertiary/aromatic N) is 1. The summed E-state index contributed by atoms with van der Waals surface area (Å²) in [6, 6.07) is 0.683. The van der Waals surface area contributed by atoms with Crippen molar-refractivity contribution < 1.29 is 4.74 Å². The molecule has 0 radical (unpaired) electrons. The molecule has 0 amide bonds. The van der Waals surface area contributed by atoms with Gasteiger partial charge in [0.15, 0.2) is 0 Å². The lowest BCUT2D eigenvalue weighted by atomic mass is 9.93. The van der Waals surface area contributed by atoms with Crippen molar-refractivity contribution in [2.24, 2.45) is 11.7 Å². The molecule has 0 aromatic carbocycles. The normalized spacial score (nSPS) is 34.5. The SMILES string of the molecule is CN(CC1CCCCO1)C1CCCCCC1CN. The summed E-state index contributed by atoms with van der Waals surface area (Å²) in [4.78, 5) is 2.54. The van der Waals surface area contributed by atoms with Crippen LogP contribution in [-0.4, -0.2) is 43.8 Å². The largest absolute Gasteiger partial charge is 0.377 e. The van der Waals surface area contributed by atoms with Gasteiger partial charge in [0.1, 0.15) is 0 Å². The van der Waals surface area contributed by atoms with Gasteiger partial charge in [-0.3, -0.25) is 0 Å². The van der Waals surface area contributed by atoms with Gasteiger partial charge in [-0.2, -0.15) is 0 Å². The van der Waals surface area contributed by atoms with Crippen molar-refractivity contribution in [3.63, 3.8) is 0 Å². The molecule has 2 fully saturated rings. The lowest BCUT2D eigenvalue weighted by Crippen LogP contribution is -2.44. The Kier molecular flexibility index (Phi) is 5.93. The second kappa shape index (κ2) is 7.46. The number of hydrogen-bond acceptors (Lipinski definition) is 3. The van der Waals surface area contributed by atoms with Gasteiger partial charge in [-0.1, -0.05) is 19.3 Å². The second-order valence-electron chi connectivity index (χ2n) is 6.13. The molecule has 1 aliphatic heterocycles. The summed E-state index contributed by atoms with van der Waals surface area (Å²) >= 11 is 0. The minimum atomic E-state index is 0.463. The van der Waals surface area contributed by atoms with E-state index in [0.717, 1.165) is 19.7 Å². The fourth-order valence-corrected chi connectivity index (χ4v) is 3.63. The van der Waals surface area contributed by atoms with Gasteiger partial charge < -0.3 is 15.4 Å². The Morgan fingerprint density at radius 3 is 2.56 bits per heavy atom. The minimum absolute atomic E-state index is 0.463. The molecule has 3 atom stereocenters. The van der Waals surface area contributed by atoms with Gasteiger partial charge in [0.25, 0.3) is 0 Å². The Hall–Kier alpha value is -0.120. The predicted octanol–water partition coefficient (Wildman–Crippen LogP) is 2.39. The highest BCUT2D eigenvalue weighted by Crippen LogP contribution is 2.27. The van der Waals surface area contributed by atoms with E-state index >= 15 is 0 Å². The zero-order chi connectivity index (χ0) is 12.8. The Balaban J connectivity index is 1.86. The number of nitrogens with two attached hydrogens (primary N) is 1. The molecule has 3 unspecified atom stereocenters. The summed E-state index contributed by atoms with van der Waals surface area (Å²) in [7, 11) is 2.27. The molecule has 1 aliphatic carbocycles. The summed E-state index contributed by atoms with van der Waals surface area (Å²) in [5.41, 5.74) is 5.98. The molecule has 1 saturated heterocycles. The molecule has 0 spiro atoms. The van der Waals surface area contributed by atoms with Crippen LogP contribution >= 0.6 is 0 Å². The average Bonchev–Trinajstić information content (AvgIpc) is 2.64. The Bertz CT molecular complexity index is 229. The second-order valence-corrected chi connectivity index (χ2v) is 6.13. The number of ether oxygens (including phenoxy) is 1. The summed E-state index contributed by atoms with van der Waals surface area (Å²) in [5.74, 6) is 0.695. The van der Waals surface area contributed by atoms with Crippen LogP contribution in [0.2, 0.25) is 0 Å². The summed E-state index contributed by atoms with van der Waals surface area (Å²) in [6.07, 6.45) is 11.1. The molecule has 0 aromatic heterocycles. The maximum atomic E-state index is 5.98. The van der Waals surface area contributed by atoms with Crippen LogP contribution in [-0.2, 0) is 4.74 Å². The third-order valence-corrected chi connectivity index (χ3v) is 4.75. The highest BCUT2D eigenvalue weighted by molar-refractivity contribution is 4.83. The molecular formula is C15H30N2O. The summed E-state index contributed by atoms with van der Waals surface area (Å²) in [5, 5.41) is 0. The molecule has 1 saturated carbocycles. The molecule has 0 bridgehead atoms. The van der Waals surface area contributed by atoms with E-state index in [4.69, 9.17) is 10.5 Å². The van der Waals surface area contributed by atoms with Crippen molar-refractivity contribution in [1.82, 2.24) is 4.90 Å². The predicted molar refractivity (Wildman–Crippen MR) is 75.6 cm³/mol. The van der Waals surface area contributed by atoms with E-state index in [0.29, 0.717) is 18.1 Å². The van der Waals surface area contributed by atoms with Crippen LogP contribution in [0.25, 0.3) is 0 Å². The quantitative estimate of drug-likeness (QED) is 0.783. The average molecular weight is 254 g/mol. The van der Waals surface area contributed by atoms with Crippen LogP contribution in [0.4, 0.5) is 0 Å². The monoisotopic (exact) mass is 254 g/mol. The van der Waals surface area contributed by atoms with E-state index in [9.17, 15) is 0 Å². The van der Waals surface area contributed by atoms with E-state index in [1.807, 2.05) is 0 Å². The van der Waals surface area contributed by atoms with Crippen LogP contribution in [0.15, 0.2) is 0 Å². The standard InChI is InChI=1S/C15H30N2O/c1-17(12-14-8-5-6-10-18-14)15-9-4-2-3-7-13(15)11-16/h13-15H,2-12,16H2,1H3. The van der Waals surface area contributed by atoms with Crippen LogP contribution in [0.3, 0.4) is 0 Å². The van der Waals surface area contributed by atoms with Gasteiger partial charge in [-0.05, 0) is 51.6 Å². The number of rotatable bonds is 4. The smallest absolute Gasteiger partial charge is 0.0702 e. The van der Waals surface area contributed by atoms with Gasteiger partial charge in [0.05, 0.1) is 6.10 Å². The Morgan fingerprint density at radius 1 is 1.06 bits per heavy atom. The molecule has 3 nitrogen and oxygen atoms in total. The maximum Gasteiger partial charge on any atom is 0.0702 e. The molecule has 2 rings (SSSR count). The van der Waals surface area contributed by atoms with Crippen LogP contribution in [0, 0.1) is 5.92 Å². The van der Waals surface area contributed by atoms with Crippen LogP contribution in [0.5, 0.6) is 0 Å². The first-order valence-corrected chi connectivity index (χ1v) is 7.83. The maximum absolute atomic E-state index is 5.98. The fraction of sp³-hybridized carbons (Fsp3) is 1.00. The van der Waals surface area contributed by atoms with Gasteiger partial charge in [-0.15, -0.1) is 0 Å². The third-order valence-electron chi connectivity index (χ3n) is 4.75. The van der Waals surface area contributed by atoms with E-state index in [1.165, 1.54) is 51.4 Å². The van der Waals surface area contributed by atoms with Crippen molar-refractivity contribution >= 4 is 0 Å². The van der Waals surface area contributed by atoms with Crippen molar-refractivity contribution in [2.75, 3.05) is 26.7 Å². The molecule has 18 heavy (non-hydrogen) atoms. The van der Waals surface area contributed by atoms with E-state index < -0.39 is 0 Å². The molecule has 1 heterocycles. The van der Waals surface area contributed by atoms with Crippen molar-refractivity contribution in [1.29, 1.82) is 0 Å². The van der Waals surface area contributed by atoms with Gasteiger partial charge >= 0.3 is 0 Å². The Morgan fingerprint density at radius 2 is 1.83 bits per heavy atom. The molecule has 2 N–H and O–H groups in total. The van der Waals surface area contributed by atoms with Crippen molar-refractivity contribution in [3.05, 3.63) is 0 Å². The summed E-state index contributed by atoms with van der Waals surface area (Å²) < 4.78 is 5.87. The minimum Gasteiger partial charge on any atom is -0.377 e. The zero-order valence-electron chi connectivity index (χ0n) is 11.9. The van der Waals surface area contributed by atoms with Crippen LogP contribution in [0.1, 0.15) is 51.4 Å². The molecular weight excluding hydrogens is 224 g/mol. The summed E-state index contributed by atoms with van der Waals surface area (Å²) in [6.45, 7) is 2.91. The zero-order valence-corrected chi connectivity index (χ0v) is 11.9. The molecule has 3 heteroatoms. The number of hydrogen-bond donors (Lipinski definition) is 1. The highest BCUT2D eigenvalue weighted by atomic mass is 16.5. The third kappa shape index (κ3) is 3.94.